The summed E-state index contributed by atoms with van der Waals surface area (Å²) in [5.74, 6) is -0.955. The van der Waals surface area contributed by atoms with Crippen LogP contribution in [0.2, 0.25) is 0 Å². The molecule has 2 rings (SSSR count). The molecule has 1 atom stereocenters. The molecule has 21 heavy (non-hydrogen) atoms. The molecule has 0 radical (unpaired) electrons. The van der Waals surface area contributed by atoms with Gasteiger partial charge in [-0.1, -0.05) is 54.6 Å². The summed E-state index contributed by atoms with van der Waals surface area (Å²) < 4.78 is 5.88. The molecule has 3 nitrogen and oxygen atoms in total. The fourth-order valence-electron chi connectivity index (χ4n) is 2.02. The van der Waals surface area contributed by atoms with Gasteiger partial charge in [-0.15, -0.1) is 0 Å². The molecule has 0 saturated carbocycles. The maximum atomic E-state index is 10.6. The summed E-state index contributed by atoms with van der Waals surface area (Å²) >= 11 is 0. The van der Waals surface area contributed by atoms with Crippen molar-refractivity contribution in [2.75, 3.05) is 0 Å². The summed E-state index contributed by atoms with van der Waals surface area (Å²) in [4.78, 5) is 10.6. The minimum absolute atomic E-state index is 0.0114. The number of benzene rings is 2. The molecule has 0 aromatic heterocycles. The first-order chi connectivity index (χ1) is 10.2. The van der Waals surface area contributed by atoms with Gasteiger partial charge in [-0.3, -0.25) is 0 Å². The molecular formula is C18H18O3. The van der Waals surface area contributed by atoms with Crippen LogP contribution in [0.3, 0.4) is 0 Å². The Morgan fingerprint density at radius 1 is 1.14 bits per heavy atom. The van der Waals surface area contributed by atoms with Gasteiger partial charge in [0.2, 0.25) is 0 Å². The second-order valence-electron chi connectivity index (χ2n) is 4.73. The Balaban J connectivity index is 2.05. The molecule has 3 heteroatoms. The zero-order valence-electron chi connectivity index (χ0n) is 11.9. The highest BCUT2D eigenvalue weighted by molar-refractivity contribution is 5.85. The second kappa shape index (κ2) is 7.41. The van der Waals surface area contributed by atoms with E-state index in [1.807, 2.05) is 61.5 Å². The van der Waals surface area contributed by atoms with E-state index in [4.69, 9.17) is 9.84 Å². The van der Waals surface area contributed by atoms with E-state index in [1.165, 1.54) is 0 Å². The minimum atomic E-state index is -0.955. The van der Waals surface area contributed by atoms with E-state index in [9.17, 15) is 4.79 Å². The molecule has 0 saturated heterocycles. The van der Waals surface area contributed by atoms with E-state index < -0.39 is 5.97 Å². The highest BCUT2D eigenvalue weighted by Crippen LogP contribution is 2.20. The van der Waals surface area contributed by atoms with Crippen LogP contribution in [0.25, 0.3) is 6.08 Å². The molecule has 108 valence electrons. The highest BCUT2D eigenvalue weighted by Gasteiger charge is 2.06. The normalized spacial score (nSPS) is 12.4. The average molecular weight is 282 g/mol. The quantitative estimate of drug-likeness (QED) is 0.813. The van der Waals surface area contributed by atoms with Crippen molar-refractivity contribution in [1.82, 2.24) is 0 Å². The summed E-state index contributed by atoms with van der Waals surface area (Å²) in [6.45, 7) is 2.45. The number of rotatable bonds is 6. The van der Waals surface area contributed by atoms with E-state index in [0.29, 0.717) is 6.61 Å². The van der Waals surface area contributed by atoms with Crippen molar-refractivity contribution >= 4 is 12.0 Å². The fraction of sp³-hybridized carbons (Fsp3) is 0.167. The third-order valence-electron chi connectivity index (χ3n) is 3.22. The van der Waals surface area contributed by atoms with Crippen LogP contribution in [0.4, 0.5) is 0 Å². The zero-order chi connectivity index (χ0) is 15.1. The van der Waals surface area contributed by atoms with Crippen LogP contribution in [-0.4, -0.2) is 11.1 Å². The maximum Gasteiger partial charge on any atom is 0.328 e. The Bertz CT molecular complexity index is 617. The topological polar surface area (TPSA) is 46.5 Å². The number of carbonyl (C=O) groups is 1. The number of carboxylic acid groups (broad SMARTS) is 1. The predicted octanol–water partition coefficient (Wildman–Crippen LogP) is 4.06. The van der Waals surface area contributed by atoms with Crippen molar-refractivity contribution in [3.8, 4) is 0 Å². The Kier molecular flexibility index (Phi) is 5.29. The van der Waals surface area contributed by atoms with Crippen LogP contribution >= 0.6 is 0 Å². The van der Waals surface area contributed by atoms with Crippen molar-refractivity contribution in [2.24, 2.45) is 0 Å². The number of hydrogen-bond donors (Lipinski definition) is 1. The van der Waals surface area contributed by atoms with Gasteiger partial charge in [0.05, 0.1) is 12.7 Å². The molecule has 1 unspecified atom stereocenters. The first-order valence-electron chi connectivity index (χ1n) is 6.82. The Labute approximate surface area is 124 Å². The van der Waals surface area contributed by atoms with Gasteiger partial charge in [0.15, 0.2) is 0 Å². The summed E-state index contributed by atoms with van der Waals surface area (Å²) in [7, 11) is 0. The summed E-state index contributed by atoms with van der Waals surface area (Å²) in [5, 5.41) is 8.71. The third kappa shape index (κ3) is 4.58. The van der Waals surface area contributed by atoms with Gasteiger partial charge in [0.25, 0.3) is 0 Å². The molecule has 0 aliphatic carbocycles. The lowest BCUT2D eigenvalue weighted by atomic mass is 10.1. The number of carboxylic acids is 1. The lowest BCUT2D eigenvalue weighted by Gasteiger charge is -2.14. The molecule has 0 heterocycles. The second-order valence-corrected chi connectivity index (χ2v) is 4.73. The lowest BCUT2D eigenvalue weighted by Crippen LogP contribution is -2.01. The van der Waals surface area contributed by atoms with E-state index in [1.54, 1.807) is 6.08 Å². The highest BCUT2D eigenvalue weighted by atomic mass is 16.5. The van der Waals surface area contributed by atoms with Crippen molar-refractivity contribution in [3.05, 3.63) is 77.4 Å². The van der Waals surface area contributed by atoms with Gasteiger partial charge < -0.3 is 9.84 Å². The van der Waals surface area contributed by atoms with Crippen LogP contribution in [-0.2, 0) is 16.1 Å². The molecule has 2 aromatic rings. The van der Waals surface area contributed by atoms with Gasteiger partial charge in [-0.25, -0.2) is 4.79 Å². The Morgan fingerprint density at radius 3 is 2.52 bits per heavy atom. The van der Waals surface area contributed by atoms with Gasteiger partial charge in [-0.05, 0) is 29.7 Å². The Hall–Kier alpha value is -2.39. The number of aliphatic carboxylic acids is 1. The molecule has 2 aromatic carbocycles. The van der Waals surface area contributed by atoms with Crippen LogP contribution in [0, 0.1) is 0 Å². The molecule has 1 N–H and O–H groups in total. The fourth-order valence-corrected chi connectivity index (χ4v) is 2.02. The van der Waals surface area contributed by atoms with E-state index in [0.717, 1.165) is 22.8 Å². The van der Waals surface area contributed by atoms with Crippen molar-refractivity contribution in [3.63, 3.8) is 0 Å². The predicted molar refractivity (Wildman–Crippen MR) is 82.8 cm³/mol. The standard InChI is InChI=1S/C18H18O3/c1-14(15-7-3-2-4-8-15)21-13-17-10-6-5-9-16(17)11-12-18(19)20/h2-12,14H,13H2,1H3,(H,19,20). The molecule has 0 fully saturated rings. The number of ether oxygens (including phenoxy) is 1. The van der Waals surface area contributed by atoms with Gasteiger partial charge >= 0.3 is 5.97 Å². The van der Waals surface area contributed by atoms with Gasteiger partial charge in [-0.2, -0.15) is 0 Å². The molecule has 0 aliphatic rings. The summed E-state index contributed by atoms with van der Waals surface area (Å²) in [5.41, 5.74) is 2.95. The van der Waals surface area contributed by atoms with E-state index in [-0.39, 0.29) is 6.10 Å². The SMILES string of the molecule is CC(OCc1ccccc1C=CC(=O)O)c1ccccc1. The third-order valence-corrected chi connectivity index (χ3v) is 3.22. The molecule has 0 spiro atoms. The van der Waals surface area contributed by atoms with Crippen LogP contribution in [0.15, 0.2) is 60.7 Å². The zero-order valence-corrected chi connectivity index (χ0v) is 11.9. The Morgan fingerprint density at radius 2 is 1.81 bits per heavy atom. The van der Waals surface area contributed by atoms with Crippen LogP contribution < -0.4 is 0 Å². The van der Waals surface area contributed by atoms with Gasteiger partial charge in [0, 0.05) is 6.08 Å². The molecule has 0 aliphatic heterocycles. The monoisotopic (exact) mass is 282 g/mol. The number of hydrogen-bond acceptors (Lipinski definition) is 2. The van der Waals surface area contributed by atoms with Gasteiger partial charge in [0.1, 0.15) is 0 Å². The largest absolute Gasteiger partial charge is 0.478 e. The maximum absolute atomic E-state index is 10.6. The van der Waals surface area contributed by atoms with Crippen molar-refractivity contribution < 1.29 is 14.6 Å². The summed E-state index contributed by atoms with van der Waals surface area (Å²) in [6, 6.07) is 17.6. The first-order valence-corrected chi connectivity index (χ1v) is 6.82. The first kappa shape index (κ1) is 15.0. The van der Waals surface area contributed by atoms with Crippen LogP contribution in [0.1, 0.15) is 29.7 Å². The van der Waals surface area contributed by atoms with Crippen molar-refractivity contribution in [2.45, 2.75) is 19.6 Å². The summed E-state index contributed by atoms with van der Waals surface area (Å²) in [6.07, 6.45) is 2.72. The molecule has 0 amide bonds. The van der Waals surface area contributed by atoms with E-state index >= 15 is 0 Å². The minimum Gasteiger partial charge on any atom is -0.478 e. The lowest BCUT2D eigenvalue weighted by molar-refractivity contribution is -0.131. The van der Waals surface area contributed by atoms with E-state index in [2.05, 4.69) is 0 Å². The average Bonchev–Trinajstić information content (AvgIpc) is 2.52. The molecule has 0 bridgehead atoms. The van der Waals surface area contributed by atoms with Crippen LogP contribution in [0.5, 0.6) is 0 Å². The smallest absolute Gasteiger partial charge is 0.328 e. The molecular weight excluding hydrogens is 264 g/mol. The van der Waals surface area contributed by atoms with Crippen molar-refractivity contribution in [1.29, 1.82) is 0 Å².